The quantitative estimate of drug-likeness (QED) is 0.358. The Kier molecular flexibility index (Phi) is 6.77. The molecule has 1 aliphatic heterocycles. The van der Waals surface area contributed by atoms with Crippen LogP contribution in [0.3, 0.4) is 0 Å². The lowest BCUT2D eigenvalue weighted by atomic mass is 10.2. The first-order valence-electron chi connectivity index (χ1n) is 8.36. The number of hydrogen-bond acceptors (Lipinski definition) is 5. The number of benzene rings is 2. The summed E-state index contributed by atoms with van der Waals surface area (Å²) < 4.78 is 11.9. The molecule has 0 atom stereocenters. The van der Waals surface area contributed by atoms with Crippen molar-refractivity contribution in [1.82, 2.24) is 4.90 Å². The first-order valence-corrected chi connectivity index (χ1v) is 9.96. The van der Waals surface area contributed by atoms with Gasteiger partial charge in [-0.05, 0) is 35.9 Å². The number of carbonyl (C=O) groups is 1. The van der Waals surface area contributed by atoms with Crippen LogP contribution in [0.5, 0.6) is 11.5 Å². The molecular formula is C20H18ClNO3S2. The Morgan fingerprint density at radius 3 is 2.48 bits per heavy atom. The molecule has 27 heavy (non-hydrogen) atoms. The molecule has 7 heteroatoms. The Bertz CT molecular complexity index is 868. The number of para-hydroxylation sites is 1. The van der Waals surface area contributed by atoms with Crippen LogP contribution >= 0.6 is 35.6 Å². The summed E-state index contributed by atoms with van der Waals surface area (Å²) in [6.07, 6.45) is 2.58. The first kappa shape index (κ1) is 19.7. The topological polar surface area (TPSA) is 38.8 Å². The lowest BCUT2D eigenvalue weighted by Gasteiger charge is -2.09. The van der Waals surface area contributed by atoms with Gasteiger partial charge < -0.3 is 9.47 Å². The van der Waals surface area contributed by atoms with E-state index in [2.05, 4.69) is 0 Å². The fourth-order valence-electron chi connectivity index (χ4n) is 2.35. The van der Waals surface area contributed by atoms with E-state index < -0.39 is 0 Å². The van der Waals surface area contributed by atoms with E-state index in [0.717, 1.165) is 17.7 Å². The highest BCUT2D eigenvalue weighted by Gasteiger charge is 2.28. The van der Waals surface area contributed by atoms with Crippen molar-refractivity contribution in [2.45, 2.75) is 6.42 Å². The zero-order chi connectivity index (χ0) is 19.2. The maximum atomic E-state index is 12.0. The normalized spacial score (nSPS) is 15.5. The highest BCUT2D eigenvalue weighted by molar-refractivity contribution is 8.26. The number of amides is 1. The third kappa shape index (κ3) is 5.25. The number of likely N-dealkylation sites (N-methyl/N-ethyl adjacent to an activating group) is 1. The van der Waals surface area contributed by atoms with Crippen LogP contribution < -0.4 is 9.47 Å². The summed E-state index contributed by atoms with van der Waals surface area (Å²) in [5, 5.41) is 0.606. The molecule has 2 aromatic carbocycles. The van der Waals surface area contributed by atoms with Gasteiger partial charge in [0.15, 0.2) is 0 Å². The molecule has 0 bridgehead atoms. The van der Waals surface area contributed by atoms with Gasteiger partial charge in [0, 0.05) is 13.5 Å². The van der Waals surface area contributed by atoms with Gasteiger partial charge in [0.25, 0.3) is 5.91 Å². The fraction of sp³-hybridized carbons (Fsp3) is 0.200. The second-order valence-corrected chi connectivity index (χ2v) is 7.87. The van der Waals surface area contributed by atoms with Crippen molar-refractivity contribution < 1.29 is 14.3 Å². The van der Waals surface area contributed by atoms with Gasteiger partial charge in [-0.3, -0.25) is 9.69 Å². The predicted molar refractivity (Wildman–Crippen MR) is 114 cm³/mol. The van der Waals surface area contributed by atoms with Crippen LogP contribution in [0.4, 0.5) is 0 Å². The maximum Gasteiger partial charge on any atom is 0.265 e. The van der Waals surface area contributed by atoms with Crippen LogP contribution in [0.1, 0.15) is 12.0 Å². The first-order chi connectivity index (χ1) is 13.0. The van der Waals surface area contributed by atoms with Crippen LogP contribution in [-0.4, -0.2) is 35.4 Å². The number of thiocarbonyl (C=S) groups is 1. The molecule has 3 rings (SSSR count). The average Bonchev–Trinajstić information content (AvgIpc) is 2.91. The summed E-state index contributed by atoms with van der Waals surface area (Å²) in [4.78, 5) is 14.1. The van der Waals surface area contributed by atoms with Crippen molar-refractivity contribution in [3.8, 4) is 11.5 Å². The minimum Gasteiger partial charge on any atom is -0.493 e. The molecule has 1 saturated heterocycles. The highest BCUT2D eigenvalue weighted by atomic mass is 35.5. The van der Waals surface area contributed by atoms with Gasteiger partial charge in [-0.25, -0.2) is 0 Å². The van der Waals surface area contributed by atoms with Crippen LogP contribution in [0.15, 0.2) is 53.4 Å². The molecule has 0 saturated carbocycles. The third-order valence-electron chi connectivity index (χ3n) is 3.82. The average molecular weight is 420 g/mol. The summed E-state index contributed by atoms with van der Waals surface area (Å²) in [7, 11) is 1.69. The number of carbonyl (C=O) groups excluding carboxylic acids is 1. The zero-order valence-electron chi connectivity index (χ0n) is 14.7. The Morgan fingerprint density at radius 1 is 1.11 bits per heavy atom. The van der Waals surface area contributed by atoms with Crippen molar-refractivity contribution in [3.63, 3.8) is 0 Å². The SMILES string of the molecule is CN1C(=O)C(=Cc2ccc(OCCCOc3ccccc3Cl)cc2)SC1=S. The summed E-state index contributed by atoms with van der Waals surface area (Å²) in [6.45, 7) is 1.07. The second kappa shape index (κ2) is 9.26. The summed E-state index contributed by atoms with van der Waals surface area (Å²) in [6, 6.07) is 15.0. The Hall–Kier alpha value is -2.02. The third-order valence-corrected chi connectivity index (χ3v) is 5.61. The van der Waals surface area contributed by atoms with E-state index in [9.17, 15) is 4.79 Å². The smallest absolute Gasteiger partial charge is 0.265 e. The molecule has 0 N–H and O–H groups in total. The molecule has 0 unspecified atom stereocenters. The second-order valence-electron chi connectivity index (χ2n) is 5.79. The molecule has 0 aromatic heterocycles. The van der Waals surface area contributed by atoms with Gasteiger partial charge in [-0.1, -0.05) is 59.8 Å². The standard InChI is InChI=1S/C20H18ClNO3S2/c1-22-19(23)18(27-20(22)26)13-14-7-9-15(10-8-14)24-11-4-12-25-17-6-3-2-5-16(17)21/h2-3,5-10,13H,4,11-12H2,1H3. The number of rotatable bonds is 7. The summed E-state index contributed by atoms with van der Waals surface area (Å²) in [5.74, 6) is 1.39. The number of halogens is 1. The lowest BCUT2D eigenvalue weighted by Crippen LogP contribution is -2.22. The van der Waals surface area contributed by atoms with Gasteiger partial charge in [0.1, 0.15) is 15.8 Å². The monoisotopic (exact) mass is 419 g/mol. The molecule has 1 heterocycles. The Morgan fingerprint density at radius 2 is 1.81 bits per heavy atom. The Labute approximate surface area is 173 Å². The molecule has 0 aliphatic carbocycles. The van der Waals surface area contributed by atoms with E-state index in [4.69, 9.17) is 33.3 Å². The number of thioether (sulfide) groups is 1. The van der Waals surface area contributed by atoms with Crippen molar-refractivity contribution in [2.24, 2.45) is 0 Å². The van der Waals surface area contributed by atoms with Crippen LogP contribution in [0.2, 0.25) is 5.02 Å². The van der Waals surface area contributed by atoms with Crippen LogP contribution in [-0.2, 0) is 4.79 Å². The van der Waals surface area contributed by atoms with Crippen molar-refractivity contribution in [1.29, 1.82) is 0 Å². The molecule has 4 nitrogen and oxygen atoms in total. The van der Waals surface area contributed by atoms with Crippen molar-refractivity contribution in [3.05, 3.63) is 64.0 Å². The van der Waals surface area contributed by atoms with E-state index in [1.807, 2.05) is 48.5 Å². The molecule has 140 valence electrons. The largest absolute Gasteiger partial charge is 0.493 e. The number of ether oxygens (including phenoxy) is 2. The van der Waals surface area contributed by atoms with Crippen LogP contribution in [0.25, 0.3) is 6.08 Å². The van der Waals surface area contributed by atoms with E-state index in [0.29, 0.717) is 33.2 Å². The molecule has 0 radical (unpaired) electrons. The summed E-state index contributed by atoms with van der Waals surface area (Å²) >= 11 is 12.5. The van der Waals surface area contributed by atoms with Gasteiger partial charge in [-0.15, -0.1) is 0 Å². The molecule has 1 amide bonds. The molecule has 0 spiro atoms. The molecule has 1 aliphatic rings. The number of nitrogens with zero attached hydrogens (tertiary/aromatic N) is 1. The van der Waals surface area contributed by atoms with E-state index in [-0.39, 0.29) is 5.91 Å². The zero-order valence-corrected chi connectivity index (χ0v) is 17.1. The minimum absolute atomic E-state index is 0.0659. The summed E-state index contributed by atoms with van der Waals surface area (Å²) in [5.41, 5.74) is 0.929. The van der Waals surface area contributed by atoms with Gasteiger partial charge in [0.2, 0.25) is 0 Å². The van der Waals surface area contributed by atoms with E-state index in [1.165, 1.54) is 16.7 Å². The van der Waals surface area contributed by atoms with E-state index in [1.54, 1.807) is 13.1 Å². The fourth-order valence-corrected chi connectivity index (χ4v) is 3.72. The predicted octanol–water partition coefficient (Wildman–Crippen LogP) is 5.02. The van der Waals surface area contributed by atoms with Crippen LogP contribution in [0, 0.1) is 0 Å². The Balaban J connectivity index is 1.45. The maximum absolute atomic E-state index is 12.0. The minimum atomic E-state index is -0.0659. The van der Waals surface area contributed by atoms with Gasteiger partial charge >= 0.3 is 0 Å². The van der Waals surface area contributed by atoms with E-state index >= 15 is 0 Å². The van der Waals surface area contributed by atoms with Crippen molar-refractivity contribution >= 4 is 51.9 Å². The molecular weight excluding hydrogens is 402 g/mol. The lowest BCUT2D eigenvalue weighted by molar-refractivity contribution is -0.121. The van der Waals surface area contributed by atoms with Crippen molar-refractivity contribution in [2.75, 3.05) is 20.3 Å². The highest BCUT2D eigenvalue weighted by Crippen LogP contribution is 2.31. The molecule has 2 aromatic rings. The molecule has 1 fully saturated rings. The van der Waals surface area contributed by atoms with Gasteiger partial charge in [-0.2, -0.15) is 0 Å². The number of hydrogen-bond donors (Lipinski definition) is 0. The van der Waals surface area contributed by atoms with Gasteiger partial charge in [0.05, 0.1) is 23.1 Å².